The normalized spacial score (nSPS) is 31.0. The highest BCUT2D eigenvalue weighted by molar-refractivity contribution is 7.46. The van der Waals surface area contributed by atoms with Crippen molar-refractivity contribution in [3.05, 3.63) is 0 Å². The summed E-state index contributed by atoms with van der Waals surface area (Å²) in [5.41, 5.74) is 0. The molecule has 0 bridgehead atoms. The third-order valence-electron chi connectivity index (χ3n) is 1.82. The van der Waals surface area contributed by atoms with Gasteiger partial charge in [-0.25, -0.2) is 0 Å². The van der Waals surface area contributed by atoms with Crippen molar-refractivity contribution in [3.8, 4) is 0 Å². The third-order valence-corrected chi connectivity index (χ3v) is 4.12. The smallest absolute Gasteiger partial charge is 0.0742 e. The van der Waals surface area contributed by atoms with E-state index in [1.54, 1.807) is 0 Å². The van der Waals surface area contributed by atoms with Gasteiger partial charge in [0.2, 0.25) is 0 Å². The van der Waals surface area contributed by atoms with Gasteiger partial charge in [-0.3, -0.25) is 0 Å². The Balaban J connectivity index is 2.68. The summed E-state index contributed by atoms with van der Waals surface area (Å²) in [6, 6.07) is 0. The molecular formula is C6H12OP+. The van der Waals surface area contributed by atoms with Crippen molar-refractivity contribution >= 4 is 7.80 Å². The van der Waals surface area contributed by atoms with E-state index in [0.29, 0.717) is 0 Å². The predicted molar refractivity (Wildman–Crippen MR) is 35.8 cm³/mol. The summed E-state index contributed by atoms with van der Waals surface area (Å²) in [6.07, 6.45) is 3.28. The summed E-state index contributed by atoms with van der Waals surface area (Å²) in [5.74, 6) is 0. The lowest BCUT2D eigenvalue weighted by Crippen LogP contribution is -2.07. The molecule has 1 rings (SSSR count). The Bertz CT molecular complexity index is 118. The van der Waals surface area contributed by atoms with Gasteiger partial charge in [0.1, 0.15) is 6.16 Å². The average molecular weight is 131 g/mol. The van der Waals surface area contributed by atoms with Gasteiger partial charge in [-0.05, 0) is 20.3 Å². The van der Waals surface area contributed by atoms with Crippen LogP contribution in [0, 0.1) is 0 Å². The van der Waals surface area contributed by atoms with E-state index in [0.717, 1.165) is 12.6 Å². The molecule has 0 aromatic rings. The molecule has 0 amide bonds. The zero-order valence-electron chi connectivity index (χ0n) is 5.48. The largest absolute Gasteiger partial charge is 0.344 e. The monoisotopic (exact) mass is 131 g/mol. The first-order valence-electron chi connectivity index (χ1n) is 3.08. The van der Waals surface area contributed by atoms with Crippen molar-refractivity contribution < 1.29 is 4.57 Å². The third kappa shape index (κ3) is 0.925. The first kappa shape index (κ1) is 6.22. The molecule has 1 aliphatic rings. The van der Waals surface area contributed by atoms with E-state index in [-0.39, 0.29) is 5.16 Å². The Hall–Kier alpha value is 0.100. The molecule has 46 valence electrons. The minimum absolute atomic E-state index is 0.162. The second-order valence-corrected chi connectivity index (χ2v) is 5.43. The van der Waals surface area contributed by atoms with Crippen LogP contribution in [0.2, 0.25) is 0 Å². The lowest BCUT2D eigenvalue weighted by Gasteiger charge is -2.01. The Kier molecular flexibility index (Phi) is 1.40. The van der Waals surface area contributed by atoms with Gasteiger partial charge in [0, 0.05) is 6.42 Å². The molecule has 0 spiro atoms. The van der Waals surface area contributed by atoms with Crippen LogP contribution >= 0.6 is 7.80 Å². The lowest BCUT2D eigenvalue weighted by atomic mass is 10.1. The van der Waals surface area contributed by atoms with Gasteiger partial charge in [-0.15, -0.1) is 0 Å². The van der Waals surface area contributed by atoms with Crippen LogP contribution in [0.5, 0.6) is 0 Å². The van der Waals surface area contributed by atoms with Crippen LogP contribution in [0.25, 0.3) is 0 Å². The van der Waals surface area contributed by atoms with Crippen LogP contribution in [0.3, 0.4) is 0 Å². The van der Waals surface area contributed by atoms with E-state index < -0.39 is 7.80 Å². The fourth-order valence-electron chi connectivity index (χ4n) is 1.08. The van der Waals surface area contributed by atoms with E-state index in [4.69, 9.17) is 0 Å². The summed E-state index contributed by atoms with van der Waals surface area (Å²) in [7, 11) is -0.858. The molecule has 1 unspecified atom stereocenters. The molecule has 0 aliphatic carbocycles. The van der Waals surface area contributed by atoms with E-state index in [1.165, 1.54) is 6.42 Å². The molecule has 1 saturated heterocycles. The van der Waals surface area contributed by atoms with Crippen LogP contribution < -0.4 is 0 Å². The van der Waals surface area contributed by atoms with Gasteiger partial charge in [-0.1, -0.05) is 4.57 Å². The topological polar surface area (TPSA) is 17.1 Å². The van der Waals surface area contributed by atoms with E-state index in [1.807, 2.05) is 0 Å². The van der Waals surface area contributed by atoms with Crippen molar-refractivity contribution in [3.63, 3.8) is 0 Å². The number of hydrogen-bond donors (Lipinski definition) is 0. The van der Waals surface area contributed by atoms with Crippen molar-refractivity contribution in [2.75, 3.05) is 6.16 Å². The molecule has 0 saturated carbocycles. The van der Waals surface area contributed by atoms with E-state index >= 15 is 0 Å². The quantitative estimate of drug-likeness (QED) is 0.461. The fraction of sp³-hybridized carbons (Fsp3) is 1.00. The maximum absolute atomic E-state index is 11.0. The zero-order valence-corrected chi connectivity index (χ0v) is 6.37. The molecule has 1 nitrogen and oxygen atoms in total. The molecule has 1 aliphatic heterocycles. The van der Waals surface area contributed by atoms with Crippen molar-refractivity contribution in [2.45, 2.75) is 31.8 Å². The number of hydrogen-bond acceptors (Lipinski definition) is 1. The molecule has 8 heavy (non-hydrogen) atoms. The molecule has 0 aromatic carbocycles. The van der Waals surface area contributed by atoms with Gasteiger partial charge in [0.25, 0.3) is 0 Å². The van der Waals surface area contributed by atoms with Gasteiger partial charge in [0.05, 0.1) is 0 Å². The van der Waals surface area contributed by atoms with E-state index in [9.17, 15) is 4.57 Å². The van der Waals surface area contributed by atoms with Gasteiger partial charge >= 0.3 is 7.80 Å². The highest BCUT2D eigenvalue weighted by Gasteiger charge is 2.43. The predicted octanol–water partition coefficient (Wildman–Crippen LogP) is 2.39. The average Bonchev–Trinajstić information content (AvgIpc) is 1.86. The summed E-state index contributed by atoms with van der Waals surface area (Å²) >= 11 is 0. The standard InChI is InChI=1S/C6H12OP/c1-6(2)4-3-5-8(6)7/h3-5H2,1-2H3/q+1. The van der Waals surface area contributed by atoms with Crippen molar-refractivity contribution in [2.24, 2.45) is 0 Å². The van der Waals surface area contributed by atoms with Crippen LogP contribution in [-0.4, -0.2) is 11.3 Å². The Morgan fingerprint density at radius 3 is 2.25 bits per heavy atom. The maximum Gasteiger partial charge on any atom is 0.344 e. The molecule has 0 aromatic heterocycles. The molecular weight excluding hydrogens is 119 g/mol. The highest BCUT2D eigenvalue weighted by atomic mass is 31.1. The van der Waals surface area contributed by atoms with Crippen molar-refractivity contribution in [1.29, 1.82) is 0 Å². The van der Waals surface area contributed by atoms with Gasteiger partial charge in [-0.2, -0.15) is 0 Å². The van der Waals surface area contributed by atoms with Crippen LogP contribution in [-0.2, 0) is 4.57 Å². The zero-order chi connectivity index (χ0) is 6.20. The molecule has 1 fully saturated rings. The second kappa shape index (κ2) is 1.80. The molecule has 1 atom stereocenters. The SMILES string of the molecule is CC1(C)CCC[P+]1=O. The highest BCUT2D eigenvalue weighted by Crippen LogP contribution is 2.48. The summed E-state index contributed by atoms with van der Waals surface area (Å²) in [6.45, 7) is 4.19. The van der Waals surface area contributed by atoms with Crippen LogP contribution in [0.4, 0.5) is 0 Å². The Labute approximate surface area is 51.3 Å². The van der Waals surface area contributed by atoms with Crippen molar-refractivity contribution in [1.82, 2.24) is 0 Å². The summed E-state index contributed by atoms with van der Waals surface area (Å²) < 4.78 is 11.0. The van der Waals surface area contributed by atoms with Gasteiger partial charge < -0.3 is 0 Å². The second-order valence-electron chi connectivity index (χ2n) is 3.02. The molecule has 1 heterocycles. The fourth-order valence-corrected chi connectivity index (χ4v) is 2.54. The molecule has 0 N–H and O–H groups in total. The molecule has 0 radical (unpaired) electrons. The maximum atomic E-state index is 11.0. The van der Waals surface area contributed by atoms with Crippen LogP contribution in [0.1, 0.15) is 26.7 Å². The summed E-state index contributed by atoms with van der Waals surface area (Å²) in [4.78, 5) is 0. The summed E-state index contributed by atoms with van der Waals surface area (Å²) in [5, 5.41) is 0.162. The Morgan fingerprint density at radius 2 is 2.12 bits per heavy atom. The number of rotatable bonds is 0. The van der Waals surface area contributed by atoms with Crippen LogP contribution in [0.15, 0.2) is 0 Å². The lowest BCUT2D eigenvalue weighted by molar-refractivity contribution is 0.563. The first-order valence-corrected chi connectivity index (χ1v) is 4.52. The minimum Gasteiger partial charge on any atom is -0.0742 e. The minimum atomic E-state index is -0.858. The van der Waals surface area contributed by atoms with Gasteiger partial charge in [0.15, 0.2) is 5.16 Å². The Morgan fingerprint density at radius 1 is 1.50 bits per heavy atom. The first-order chi connectivity index (χ1) is 3.63. The van der Waals surface area contributed by atoms with E-state index in [2.05, 4.69) is 13.8 Å². The molecule has 2 heteroatoms.